The highest BCUT2D eigenvalue weighted by molar-refractivity contribution is 6.19. The Morgan fingerprint density at radius 3 is 2.37 bits per heavy atom. The van der Waals surface area contributed by atoms with Crippen molar-refractivity contribution in [2.45, 2.75) is 39.0 Å². The number of benzene rings is 3. The number of carbonyl (C=O) groups is 1. The molecule has 1 unspecified atom stereocenters. The van der Waals surface area contributed by atoms with Gasteiger partial charge in [0.1, 0.15) is 17.4 Å². The van der Waals surface area contributed by atoms with Gasteiger partial charge < -0.3 is 5.11 Å². The lowest BCUT2D eigenvalue weighted by atomic mass is 9.73. The summed E-state index contributed by atoms with van der Waals surface area (Å²) in [5.41, 5.74) is 4.98. The Morgan fingerprint density at radius 1 is 0.971 bits per heavy atom. The fourth-order valence-corrected chi connectivity index (χ4v) is 5.16. The second-order valence-electron chi connectivity index (χ2n) is 9.19. The average molecular weight is 467 g/mol. The molecule has 0 bridgehead atoms. The molecule has 0 saturated heterocycles. The Labute approximate surface area is 204 Å². The SMILES string of the molecule is Cc1ccc(/C(O)=C2\C(=N)N(c3ccccc3C)C3=C(C(=O)CCC3)C2c2ccccc2F)cc1. The van der Waals surface area contributed by atoms with Gasteiger partial charge in [0, 0.05) is 40.3 Å². The summed E-state index contributed by atoms with van der Waals surface area (Å²) < 4.78 is 15.2. The zero-order valence-electron chi connectivity index (χ0n) is 19.8. The molecule has 1 aliphatic heterocycles. The molecule has 1 heterocycles. The van der Waals surface area contributed by atoms with Gasteiger partial charge in [-0.3, -0.25) is 15.1 Å². The normalized spacial score (nSPS) is 19.6. The van der Waals surface area contributed by atoms with Gasteiger partial charge in [-0.15, -0.1) is 0 Å². The van der Waals surface area contributed by atoms with E-state index in [0.717, 1.165) is 16.8 Å². The standard InChI is InChI=1S/C30H27FN2O2/c1-18-14-16-20(17-15-18)29(35)28-26(21-9-4-5-10-22(21)31)27-24(12-7-13-25(27)34)33(30(28)32)23-11-6-3-8-19(23)2/h3-6,8-11,14-17,26,32,35H,7,12-13H2,1-2H3/b29-28+,32-30?. The summed E-state index contributed by atoms with van der Waals surface area (Å²) in [5.74, 6) is -1.47. The van der Waals surface area contributed by atoms with E-state index in [1.165, 1.54) is 6.07 Å². The van der Waals surface area contributed by atoms with Crippen molar-refractivity contribution in [3.8, 4) is 0 Å². The number of aliphatic hydroxyl groups is 1. The minimum atomic E-state index is -0.868. The first-order chi connectivity index (χ1) is 16.9. The van der Waals surface area contributed by atoms with Gasteiger partial charge in [0.15, 0.2) is 5.78 Å². The quantitative estimate of drug-likeness (QED) is 0.409. The van der Waals surface area contributed by atoms with Crippen molar-refractivity contribution in [3.63, 3.8) is 0 Å². The highest BCUT2D eigenvalue weighted by Crippen LogP contribution is 2.48. The Bertz CT molecular complexity index is 1400. The number of aliphatic hydroxyl groups excluding tert-OH is 1. The maximum absolute atomic E-state index is 15.2. The van der Waals surface area contributed by atoms with Gasteiger partial charge in [-0.2, -0.15) is 0 Å². The summed E-state index contributed by atoms with van der Waals surface area (Å²) in [6, 6.07) is 21.4. The lowest BCUT2D eigenvalue weighted by molar-refractivity contribution is -0.116. The second-order valence-corrected chi connectivity index (χ2v) is 9.19. The summed E-state index contributed by atoms with van der Waals surface area (Å²) in [7, 11) is 0. The molecular formula is C30H27FN2O2. The predicted molar refractivity (Wildman–Crippen MR) is 137 cm³/mol. The number of anilines is 1. The van der Waals surface area contributed by atoms with Gasteiger partial charge >= 0.3 is 0 Å². The third kappa shape index (κ3) is 3.87. The van der Waals surface area contributed by atoms with Gasteiger partial charge in [-0.25, -0.2) is 4.39 Å². The predicted octanol–water partition coefficient (Wildman–Crippen LogP) is 7.00. The molecule has 1 atom stereocenters. The molecule has 0 spiro atoms. The molecule has 0 aromatic heterocycles. The molecule has 5 rings (SSSR count). The molecule has 4 nitrogen and oxygen atoms in total. The van der Waals surface area contributed by atoms with Gasteiger partial charge in [0.2, 0.25) is 0 Å². The fraction of sp³-hybridized carbons (Fsp3) is 0.200. The molecule has 2 aliphatic rings. The molecule has 0 saturated carbocycles. The third-order valence-electron chi connectivity index (χ3n) is 6.91. The van der Waals surface area contributed by atoms with E-state index in [1.54, 1.807) is 35.2 Å². The summed E-state index contributed by atoms with van der Waals surface area (Å²) in [5, 5.41) is 20.9. The van der Waals surface area contributed by atoms with Crippen LogP contribution in [0.4, 0.5) is 10.1 Å². The van der Waals surface area contributed by atoms with Crippen molar-refractivity contribution in [1.29, 1.82) is 5.41 Å². The topological polar surface area (TPSA) is 64.4 Å². The van der Waals surface area contributed by atoms with E-state index in [4.69, 9.17) is 0 Å². The van der Waals surface area contributed by atoms with Crippen LogP contribution in [0, 0.1) is 25.1 Å². The smallest absolute Gasteiger partial charge is 0.161 e. The molecule has 5 heteroatoms. The molecule has 0 amide bonds. The number of hydrogen-bond acceptors (Lipinski definition) is 3. The number of rotatable bonds is 3. The zero-order valence-corrected chi connectivity index (χ0v) is 19.8. The average Bonchev–Trinajstić information content (AvgIpc) is 2.85. The van der Waals surface area contributed by atoms with Crippen LogP contribution in [-0.4, -0.2) is 16.7 Å². The van der Waals surface area contributed by atoms with E-state index in [-0.39, 0.29) is 28.5 Å². The number of halogens is 1. The van der Waals surface area contributed by atoms with Crippen molar-refractivity contribution < 1.29 is 14.3 Å². The minimum Gasteiger partial charge on any atom is -0.507 e. The van der Waals surface area contributed by atoms with E-state index >= 15 is 4.39 Å². The van der Waals surface area contributed by atoms with Gasteiger partial charge in [-0.1, -0.05) is 66.2 Å². The van der Waals surface area contributed by atoms with Crippen molar-refractivity contribution in [1.82, 2.24) is 0 Å². The number of hydrogen-bond donors (Lipinski definition) is 2. The molecular weight excluding hydrogens is 439 g/mol. The number of nitrogens with zero attached hydrogens (tertiary/aromatic N) is 1. The van der Waals surface area contributed by atoms with Crippen LogP contribution in [0.1, 0.15) is 47.4 Å². The number of amidine groups is 1. The minimum absolute atomic E-state index is 0.0547. The molecule has 35 heavy (non-hydrogen) atoms. The van der Waals surface area contributed by atoms with Crippen LogP contribution in [0.5, 0.6) is 0 Å². The number of para-hydroxylation sites is 1. The second kappa shape index (κ2) is 8.99. The first-order valence-electron chi connectivity index (χ1n) is 11.8. The zero-order chi connectivity index (χ0) is 24.7. The van der Waals surface area contributed by atoms with Crippen LogP contribution in [0.15, 0.2) is 89.6 Å². The molecule has 0 radical (unpaired) electrons. The Balaban J connectivity index is 1.86. The Hall–Kier alpha value is -3.99. The van der Waals surface area contributed by atoms with E-state index < -0.39 is 11.7 Å². The van der Waals surface area contributed by atoms with Crippen LogP contribution in [0.25, 0.3) is 5.76 Å². The number of carbonyl (C=O) groups excluding carboxylic acids is 1. The third-order valence-corrected chi connectivity index (χ3v) is 6.91. The highest BCUT2D eigenvalue weighted by atomic mass is 19.1. The van der Waals surface area contributed by atoms with Crippen LogP contribution < -0.4 is 4.90 Å². The van der Waals surface area contributed by atoms with E-state index in [0.29, 0.717) is 36.1 Å². The van der Waals surface area contributed by atoms with Crippen LogP contribution in [-0.2, 0) is 4.79 Å². The summed E-state index contributed by atoms with van der Waals surface area (Å²) >= 11 is 0. The molecule has 0 fully saturated rings. The maximum atomic E-state index is 15.2. The Kier molecular flexibility index (Phi) is 5.85. The van der Waals surface area contributed by atoms with E-state index in [1.807, 2.05) is 50.2 Å². The summed E-state index contributed by atoms with van der Waals surface area (Å²) in [6.07, 6.45) is 1.62. The van der Waals surface area contributed by atoms with E-state index in [9.17, 15) is 15.3 Å². The van der Waals surface area contributed by atoms with Crippen LogP contribution in [0.3, 0.4) is 0 Å². The van der Waals surface area contributed by atoms with Gasteiger partial charge in [-0.05, 0) is 44.4 Å². The Morgan fingerprint density at radius 2 is 1.66 bits per heavy atom. The molecule has 2 N–H and O–H groups in total. The summed E-state index contributed by atoms with van der Waals surface area (Å²) in [4.78, 5) is 15.2. The highest BCUT2D eigenvalue weighted by Gasteiger charge is 2.44. The van der Waals surface area contributed by atoms with Crippen molar-refractivity contribution >= 4 is 23.1 Å². The van der Waals surface area contributed by atoms with Gasteiger partial charge in [0.05, 0.1) is 5.69 Å². The first-order valence-corrected chi connectivity index (χ1v) is 11.8. The number of ketones is 1. The van der Waals surface area contributed by atoms with Crippen LogP contribution >= 0.6 is 0 Å². The lowest BCUT2D eigenvalue weighted by Crippen LogP contribution is -2.43. The van der Waals surface area contributed by atoms with Gasteiger partial charge in [0.25, 0.3) is 0 Å². The van der Waals surface area contributed by atoms with Crippen molar-refractivity contribution in [2.75, 3.05) is 4.90 Å². The monoisotopic (exact) mass is 466 g/mol. The first kappa shape index (κ1) is 22.8. The van der Waals surface area contributed by atoms with E-state index in [2.05, 4.69) is 0 Å². The van der Waals surface area contributed by atoms with Crippen LogP contribution in [0.2, 0.25) is 0 Å². The maximum Gasteiger partial charge on any atom is 0.161 e. The largest absolute Gasteiger partial charge is 0.507 e. The molecule has 3 aromatic rings. The number of Topliss-reactive ketones (excluding diaryl/α,β-unsaturated/α-hetero) is 1. The molecule has 1 aliphatic carbocycles. The number of aryl methyl sites for hydroxylation is 2. The lowest BCUT2D eigenvalue weighted by Gasteiger charge is -2.42. The number of nitrogens with one attached hydrogen (secondary N) is 1. The number of allylic oxidation sites excluding steroid dienone is 2. The fourth-order valence-electron chi connectivity index (χ4n) is 5.16. The van der Waals surface area contributed by atoms with Crippen molar-refractivity contribution in [2.24, 2.45) is 0 Å². The molecule has 176 valence electrons. The van der Waals surface area contributed by atoms with Crippen molar-refractivity contribution in [3.05, 3.63) is 118 Å². The summed E-state index contributed by atoms with van der Waals surface area (Å²) in [6.45, 7) is 3.91. The molecule has 3 aromatic carbocycles.